The Hall–Kier alpha value is -3.12. The zero-order valence-corrected chi connectivity index (χ0v) is 19.6. The molecule has 0 N–H and O–H groups in total. The number of hydrogen-bond donors (Lipinski definition) is 0. The van der Waals surface area contributed by atoms with E-state index in [0.29, 0.717) is 11.4 Å². The average Bonchev–Trinajstić information content (AvgIpc) is 3.42. The number of nitrogens with zero attached hydrogens (tertiary/aromatic N) is 4. The second-order valence-electron chi connectivity index (χ2n) is 7.75. The Labute approximate surface area is 203 Å². The average molecular weight is 525 g/mol. The van der Waals surface area contributed by atoms with Crippen LogP contribution in [-0.2, 0) is 0 Å². The lowest BCUT2D eigenvalue weighted by atomic mass is 10.0. The van der Waals surface area contributed by atoms with Crippen molar-refractivity contribution in [3.63, 3.8) is 0 Å². The Morgan fingerprint density at radius 1 is 0.629 bits per heavy atom. The first-order valence-corrected chi connectivity index (χ1v) is 11.8. The largest absolute Gasteiger partial charge is 0.380 e. The fourth-order valence-corrected chi connectivity index (χ4v) is 5.61. The van der Waals surface area contributed by atoms with E-state index in [2.05, 4.69) is 19.9 Å². The number of thiazole rings is 2. The number of aryl methyl sites for hydroxylation is 2. The van der Waals surface area contributed by atoms with Crippen LogP contribution in [0.15, 0.2) is 48.8 Å². The summed E-state index contributed by atoms with van der Waals surface area (Å²) in [6, 6.07) is 9.62. The second-order valence-corrected chi connectivity index (χ2v) is 10.2. The van der Waals surface area contributed by atoms with Gasteiger partial charge in [0, 0.05) is 22.1 Å². The van der Waals surface area contributed by atoms with Crippen molar-refractivity contribution in [2.75, 3.05) is 0 Å². The van der Waals surface area contributed by atoms with Gasteiger partial charge in [-0.15, -0.1) is 22.7 Å². The van der Waals surface area contributed by atoms with Crippen LogP contribution in [0.4, 0.5) is 26.3 Å². The molecule has 4 aromatic rings. The molecule has 4 aromatic heterocycles. The molecule has 180 valence electrons. The summed E-state index contributed by atoms with van der Waals surface area (Å²) in [5, 5.41) is 0.284. The van der Waals surface area contributed by atoms with E-state index in [4.69, 9.17) is 0 Å². The first-order chi connectivity index (χ1) is 16.5. The summed E-state index contributed by atoms with van der Waals surface area (Å²) in [6.07, 6.45) is 2.89. The fraction of sp³-hybridized carbons (Fsp3) is 0.217. The van der Waals surface area contributed by atoms with E-state index in [1.807, 2.05) is 0 Å². The van der Waals surface area contributed by atoms with Crippen molar-refractivity contribution in [1.29, 1.82) is 0 Å². The molecule has 0 bridgehead atoms. The zero-order valence-electron chi connectivity index (χ0n) is 18.0. The molecule has 0 saturated heterocycles. The third-order valence-electron chi connectivity index (χ3n) is 5.50. The molecule has 0 aliphatic heterocycles. The molecule has 0 saturated carbocycles. The third kappa shape index (κ3) is 3.41. The maximum Gasteiger partial charge on any atom is 0.380 e. The lowest BCUT2D eigenvalue weighted by molar-refractivity contribution is -0.254. The number of aromatic nitrogens is 4. The van der Waals surface area contributed by atoms with Gasteiger partial charge in [-0.1, -0.05) is 12.1 Å². The van der Waals surface area contributed by atoms with Crippen LogP contribution in [0, 0.1) is 13.8 Å². The predicted octanol–water partition coefficient (Wildman–Crippen LogP) is 7.17. The van der Waals surface area contributed by atoms with Crippen molar-refractivity contribution in [2.24, 2.45) is 0 Å². The Bertz CT molecular complexity index is 1340. The van der Waals surface area contributed by atoms with Crippen LogP contribution < -0.4 is 0 Å². The SMILES string of the molecule is Cc1sc(-c2ccccn2)nc1C1=C(c2nc(-c3ccccn3)sc2C)C(F)(F)C(F)(F)C1(F)F. The summed E-state index contributed by atoms with van der Waals surface area (Å²) in [5.41, 5.74) is -3.69. The van der Waals surface area contributed by atoms with E-state index >= 15 is 17.6 Å². The number of hydrogen-bond acceptors (Lipinski definition) is 6. The third-order valence-corrected chi connectivity index (χ3v) is 7.49. The van der Waals surface area contributed by atoms with Gasteiger partial charge in [0.1, 0.15) is 10.0 Å². The molecular formula is C23H14F6N4S2. The fourth-order valence-electron chi connectivity index (χ4n) is 3.81. The summed E-state index contributed by atoms with van der Waals surface area (Å²) in [7, 11) is 0. The van der Waals surface area contributed by atoms with Crippen molar-refractivity contribution in [1.82, 2.24) is 19.9 Å². The standard InChI is InChI=1S/C23H14F6N4S2/c1-11-17(32-19(34-11)13-7-3-5-9-30-13)15-16(22(26,27)23(28,29)21(15,24)25)18-12(2)35-20(33-18)14-8-4-6-10-31-14/h3-10H,1-2H3. The van der Waals surface area contributed by atoms with Gasteiger partial charge in [-0.2, -0.15) is 26.3 Å². The Balaban J connectivity index is 1.78. The highest BCUT2D eigenvalue weighted by Gasteiger charge is 2.81. The number of allylic oxidation sites excluding steroid dienone is 2. The zero-order chi connectivity index (χ0) is 25.2. The van der Waals surface area contributed by atoms with E-state index in [1.54, 1.807) is 36.4 Å². The number of halogens is 6. The van der Waals surface area contributed by atoms with Crippen LogP contribution in [0.2, 0.25) is 0 Å². The van der Waals surface area contributed by atoms with Crippen LogP contribution in [0.25, 0.3) is 32.5 Å². The van der Waals surface area contributed by atoms with Crippen LogP contribution >= 0.6 is 22.7 Å². The second kappa shape index (κ2) is 7.95. The maximum absolute atomic E-state index is 15.2. The van der Waals surface area contributed by atoms with E-state index < -0.39 is 40.3 Å². The molecule has 5 rings (SSSR count). The van der Waals surface area contributed by atoms with Crippen molar-refractivity contribution in [3.05, 3.63) is 69.9 Å². The lowest BCUT2D eigenvalue weighted by Gasteiger charge is -2.25. The van der Waals surface area contributed by atoms with Crippen molar-refractivity contribution >= 4 is 33.8 Å². The topological polar surface area (TPSA) is 51.6 Å². The molecule has 1 aliphatic carbocycles. The molecular weight excluding hydrogens is 510 g/mol. The van der Waals surface area contributed by atoms with Crippen LogP contribution in [0.1, 0.15) is 21.1 Å². The van der Waals surface area contributed by atoms with E-state index in [1.165, 1.54) is 26.2 Å². The van der Waals surface area contributed by atoms with Gasteiger partial charge in [-0.25, -0.2) is 9.97 Å². The van der Waals surface area contributed by atoms with Crippen molar-refractivity contribution < 1.29 is 26.3 Å². The molecule has 0 atom stereocenters. The van der Waals surface area contributed by atoms with Crippen LogP contribution in [-0.4, -0.2) is 37.7 Å². The quantitative estimate of drug-likeness (QED) is 0.266. The molecule has 0 spiro atoms. The van der Waals surface area contributed by atoms with Gasteiger partial charge in [-0.05, 0) is 38.1 Å². The summed E-state index contributed by atoms with van der Waals surface area (Å²) >= 11 is 1.80. The molecule has 0 unspecified atom stereocenters. The monoisotopic (exact) mass is 524 g/mol. The minimum atomic E-state index is -5.69. The smallest absolute Gasteiger partial charge is 0.254 e. The summed E-state index contributed by atoms with van der Waals surface area (Å²) in [5.74, 6) is -16.1. The Morgan fingerprint density at radius 2 is 1.03 bits per heavy atom. The molecule has 35 heavy (non-hydrogen) atoms. The van der Waals surface area contributed by atoms with Gasteiger partial charge >= 0.3 is 17.8 Å². The maximum atomic E-state index is 15.2. The minimum absolute atomic E-state index is 0.0733. The highest BCUT2D eigenvalue weighted by Crippen LogP contribution is 2.65. The number of pyridine rings is 2. The molecule has 0 fully saturated rings. The first kappa shape index (κ1) is 23.6. The van der Waals surface area contributed by atoms with Crippen LogP contribution in [0.5, 0.6) is 0 Å². The van der Waals surface area contributed by atoms with E-state index in [0.717, 1.165) is 22.7 Å². The molecule has 0 radical (unpaired) electrons. The molecule has 4 heterocycles. The van der Waals surface area contributed by atoms with E-state index in [-0.39, 0.29) is 19.8 Å². The normalized spacial score (nSPS) is 18.3. The highest BCUT2D eigenvalue weighted by molar-refractivity contribution is 7.15. The summed E-state index contributed by atoms with van der Waals surface area (Å²) in [4.78, 5) is 16.5. The number of rotatable bonds is 4. The van der Waals surface area contributed by atoms with Crippen molar-refractivity contribution in [3.8, 4) is 21.4 Å². The molecule has 4 nitrogen and oxygen atoms in total. The highest BCUT2D eigenvalue weighted by atomic mass is 32.1. The van der Waals surface area contributed by atoms with Gasteiger partial charge in [0.25, 0.3) is 0 Å². The van der Waals surface area contributed by atoms with E-state index in [9.17, 15) is 8.78 Å². The van der Waals surface area contributed by atoms with Gasteiger partial charge in [-0.3, -0.25) is 9.97 Å². The van der Waals surface area contributed by atoms with Gasteiger partial charge < -0.3 is 0 Å². The Kier molecular flexibility index (Phi) is 5.37. The minimum Gasteiger partial charge on any atom is -0.254 e. The van der Waals surface area contributed by atoms with Gasteiger partial charge in [0.15, 0.2) is 0 Å². The van der Waals surface area contributed by atoms with Gasteiger partial charge in [0.2, 0.25) is 0 Å². The Morgan fingerprint density at radius 3 is 1.37 bits per heavy atom. The molecule has 0 aromatic carbocycles. The summed E-state index contributed by atoms with van der Waals surface area (Å²) in [6.45, 7) is 2.73. The predicted molar refractivity (Wildman–Crippen MR) is 122 cm³/mol. The lowest BCUT2D eigenvalue weighted by Crippen LogP contribution is -2.49. The summed E-state index contributed by atoms with van der Waals surface area (Å²) < 4.78 is 90.1. The first-order valence-electron chi connectivity index (χ1n) is 10.1. The molecule has 1 aliphatic rings. The molecule has 12 heteroatoms. The van der Waals surface area contributed by atoms with Gasteiger partial charge in [0.05, 0.1) is 33.9 Å². The number of alkyl halides is 6. The van der Waals surface area contributed by atoms with Crippen LogP contribution in [0.3, 0.4) is 0 Å². The molecule has 0 amide bonds. The van der Waals surface area contributed by atoms with Crippen molar-refractivity contribution in [2.45, 2.75) is 31.6 Å².